The first-order valence-corrected chi connectivity index (χ1v) is 12.7. The molecule has 0 saturated carbocycles. The van der Waals surface area contributed by atoms with Gasteiger partial charge in [-0.15, -0.1) is 36.2 Å². The van der Waals surface area contributed by atoms with Gasteiger partial charge in [0.1, 0.15) is 18.5 Å². The van der Waals surface area contributed by atoms with Gasteiger partial charge in [0, 0.05) is 23.3 Å². The predicted octanol–water partition coefficient (Wildman–Crippen LogP) is 5.48. The molecule has 3 aromatic carbocycles. The number of ether oxygens (including phenoxy) is 1. The van der Waals surface area contributed by atoms with Crippen molar-refractivity contribution in [3.8, 4) is 5.75 Å². The minimum absolute atomic E-state index is 0. The van der Waals surface area contributed by atoms with Gasteiger partial charge in [-0.1, -0.05) is 48.5 Å². The predicted molar refractivity (Wildman–Crippen MR) is 160 cm³/mol. The van der Waals surface area contributed by atoms with E-state index in [1.807, 2.05) is 90.3 Å². The van der Waals surface area contributed by atoms with Gasteiger partial charge in [-0.3, -0.25) is 4.79 Å². The fraction of sp³-hybridized carbons (Fsp3) is 0.214. The maximum absolute atomic E-state index is 12.4. The molecule has 0 aliphatic rings. The SMILES string of the molecule is Cl.Cl.O=C(Cc1csc(Nc2ccccc2)n1)Nc1ccc(CCNC[C@H](O)COc2ccccc2)cc1. The van der Waals surface area contributed by atoms with Gasteiger partial charge < -0.3 is 25.8 Å². The van der Waals surface area contributed by atoms with Gasteiger partial charge in [0.15, 0.2) is 5.13 Å². The number of para-hydroxylation sites is 2. The number of halogens is 2. The Labute approximate surface area is 239 Å². The van der Waals surface area contributed by atoms with Crippen LogP contribution >= 0.6 is 36.2 Å². The van der Waals surface area contributed by atoms with Crippen LogP contribution in [0.5, 0.6) is 5.75 Å². The molecule has 4 N–H and O–H groups in total. The Bertz CT molecular complexity index is 1210. The zero-order valence-corrected chi connectivity index (χ0v) is 23.2. The van der Waals surface area contributed by atoms with Gasteiger partial charge in [0.05, 0.1) is 12.1 Å². The Morgan fingerprint density at radius 2 is 1.61 bits per heavy atom. The number of carbonyl (C=O) groups is 1. The molecule has 4 rings (SSSR count). The van der Waals surface area contributed by atoms with Crippen molar-refractivity contribution >= 4 is 58.6 Å². The summed E-state index contributed by atoms with van der Waals surface area (Å²) in [6.07, 6.45) is 0.455. The molecule has 0 radical (unpaired) electrons. The van der Waals surface area contributed by atoms with E-state index in [1.54, 1.807) is 0 Å². The number of amides is 1. The van der Waals surface area contributed by atoms with Crippen molar-refractivity contribution in [2.45, 2.75) is 18.9 Å². The molecule has 1 aromatic heterocycles. The van der Waals surface area contributed by atoms with E-state index >= 15 is 0 Å². The lowest BCUT2D eigenvalue weighted by atomic mass is 10.1. The molecule has 1 atom stereocenters. The molecule has 0 aliphatic heterocycles. The average Bonchev–Trinajstić information content (AvgIpc) is 3.33. The molecule has 0 aliphatic carbocycles. The topological polar surface area (TPSA) is 95.5 Å². The van der Waals surface area contributed by atoms with Crippen molar-refractivity contribution in [2.24, 2.45) is 0 Å². The summed E-state index contributed by atoms with van der Waals surface area (Å²) >= 11 is 1.48. The fourth-order valence-electron chi connectivity index (χ4n) is 3.48. The Kier molecular flexibility index (Phi) is 13.6. The number of nitrogens with one attached hydrogen (secondary N) is 3. The smallest absolute Gasteiger partial charge is 0.230 e. The summed E-state index contributed by atoms with van der Waals surface area (Å²) in [6, 6.07) is 27.1. The standard InChI is InChI=1S/C28H30N4O3S.2ClH/c33-25(19-35-26-9-5-2-6-10-26)18-29-16-15-21-11-13-23(14-12-21)30-27(34)17-24-20-36-28(32-24)31-22-7-3-1-4-8-22;;/h1-14,20,25,29,33H,15-19H2,(H,30,34)(H,31,32);2*1H/t25-;;/m0../s1. The first-order valence-electron chi connectivity index (χ1n) is 11.9. The molecule has 0 unspecified atom stereocenters. The van der Waals surface area contributed by atoms with Crippen molar-refractivity contribution in [2.75, 3.05) is 30.3 Å². The summed E-state index contributed by atoms with van der Waals surface area (Å²) in [7, 11) is 0. The maximum atomic E-state index is 12.4. The molecule has 10 heteroatoms. The van der Waals surface area contributed by atoms with Gasteiger partial charge in [0.25, 0.3) is 0 Å². The Morgan fingerprint density at radius 1 is 0.921 bits per heavy atom. The largest absolute Gasteiger partial charge is 0.491 e. The summed E-state index contributed by atoms with van der Waals surface area (Å²) in [5, 5.41) is 22.1. The van der Waals surface area contributed by atoms with E-state index in [0.717, 1.165) is 46.5 Å². The van der Waals surface area contributed by atoms with Crippen LogP contribution in [0, 0.1) is 0 Å². The highest BCUT2D eigenvalue weighted by atomic mass is 35.5. The molecule has 0 bridgehead atoms. The van der Waals surface area contributed by atoms with Crippen molar-refractivity contribution < 1.29 is 14.6 Å². The van der Waals surface area contributed by atoms with Gasteiger partial charge in [-0.05, 0) is 54.9 Å². The Hall–Kier alpha value is -3.14. The summed E-state index contributed by atoms with van der Waals surface area (Å²) in [6.45, 7) is 1.44. The number of aliphatic hydroxyl groups is 1. The second-order valence-corrected chi connectivity index (χ2v) is 9.15. The van der Waals surface area contributed by atoms with Crippen LogP contribution in [0.25, 0.3) is 0 Å². The van der Waals surface area contributed by atoms with Gasteiger partial charge in [0.2, 0.25) is 5.91 Å². The highest BCUT2D eigenvalue weighted by Gasteiger charge is 2.09. The second-order valence-electron chi connectivity index (χ2n) is 8.29. The van der Waals surface area contributed by atoms with Crippen molar-refractivity contribution in [3.05, 3.63) is 102 Å². The van der Waals surface area contributed by atoms with E-state index in [9.17, 15) is 9.90 Å². The first kappa shape index (κ1) is 31.1. The van der Waals surface area contributed by atoms with Gasteiger partial charge in [-0.25, -0.2) is 4.98 Å². The lowest BCUT2D eigenvalue weighted by Crippen LogP contribution is -2.32. The number of hydrogen-bond acceptors (Lipinski definition) is 7. The normalized spacial score (nSPS) is 11.0. The number of aromatic nitrogens is 1. The quantitative estimate of drug-likeness (QED) is 0.158. The monoisotopic (exact) mass is 574 g/mol. The molecular weight excluding hydrogens is 543 g/mol. The number of nitrogens with zero attached hydrogens (tertiary/aromatic N) is 1. The van der Waals surface area contributed by atoms with E-state index in [0.29, 0.717) is 6.54 Å². The number of thiazole rings is 1. The summed E-state index contributed by atoms with van der Waals surface area (Å²) < 4.78 is 5.56. The third kappa shape index (κ3) is 10.7. The maximum Gasteiger partial charge on any atom is 0.230 e. The van der Waals surface area contributed by atoms with Crippen LogP contribution in [-0.2, 0) is 17.6 Å². The van der Waals surface area contributed by atoms with E-state index < -0.39 is 6.10 Å². The van der Waals surface area contributed by atoms with Crippen molar-refractivity contribution in [1.29, 1.82) is 0 Å². The van der Waals surface area contributed by atoms with Crippen LogP contribution < -0.4 is 20.7 Å². The number of hydrogen-bond donors (Lipinski definition) is 4. The van der Waals surface area contributed by atoms with Crippen molar-refractivity contribution in [3.63, 3.8) is 0 Å². The van der Waals surface area contributed by atoms with Crippen LogP contribution in [0.4, 0.5) is 16.5 Å². The zero-order valence-electron chi connectivity index (χ0n) is 20.7. The lowest BCUT2D eigenvalue weighted by molar-refractivity contribution is -0.115. The van der Waals surface area contributed by atoms with Crippen LogP contribution in [0.3, 0.4) is 0 Å². The Balaban J connectivity index is 0.00000253. The van der Waals surface area contributed by atoms with E-state index in [2.05, 4.69) is 20.9 Å². The Morgan fingerprint density at radius 3 is 2.32 bits per heavy atom. The molecular formula is C28H32Cl2N4O3S. The van der Waals surface area contributed by atoms with E-state index in [1.165, 1.54) is 11.3 Å². The summed E-state index contributed by atoms with van der Waals surface area (Å²) in [5.74, 6) is 0.646. The molecule has 1 amide bonds. The van der Waals surface area contributed by atoms with Crippen LogP contribution in [0.1, 0.15) is 11.3 Å². The molecule has 0 fully saturated rings. The molecule has 0 saturated heterocycles. The fourth-order valence-corrected chi connectivity index (χ4v) is 4.21. The average molecular weight is 576 g/mol. The highest BCUT2D eigenvalue weighted by molar-refractivity contribution is 7.13. The van der Waals surface area contributed by atoms with Gasteiger partial charge in [-0.2, -0.15) is 0 Å². The minimum atomic E-state index is -0.578. The number of carbonyl (C=O) groups excluding carboxylic acids is 1. The second kappa shape index (κ2) is 16.7. The van der Waals surface area contributed by atoms with Gasteiger partial charge >= 0.3 is 0 Å². The third-order valence-corrected chi connectivity index (χ3v) is 6.12. The zero-order chi connectivity index (χ0) is 25.0. The molecule has 38 heavy (non-hydrogen) atoms. The molecule has 0 spiro atoms. The van der Waals surface area contributed by atoms with Crippen LogP contribution in [0.2, 0.25) is 0 Å². The number of benzene rings is 3. The van der Waals surface area contributed by atoms with Crippen LogP contribution in [0.15, 0.2) is 90.3 Å². The van der Waals surface area contributed by atoms with Crippen molar-refractivity contribution in [1.82, 2.24) is 10.3 Å². The summed E-state index contributed by atoms with van der Waals surface area (Å²) in [5.41, 5.74) is 3.59. The highest BCUT2D eigenvalue weighted by Crippen LogP contribution is 2.21. The van der Waals surface area contributed by atoms with E-state index in [-0.39, 0.29) is 43.7 Å². The van der Waals surface area contributed by atoms with E-state index in [4.69, 9.17) is 4.74 Å². The summed E-state index contributed by atoms with van der Waals surface area (Å²) in [4.78, 5) is 16.9. The lowest BCUT2D eigenvalue weighted by Gasteiger charge is -2.13. The third-order valence-electron chi connectivity index (χ3n) is 5.31. The number of aliphatic hydroxyl groups excluding tert-OH is 1. The van der Waals surface area contributed by atoms with Crippen LogP contribution in [-0.4, -0.2) is 41.8 Å². The molecule has 202 valence electrons. The molecule has 4 aromatic rings. The molecule has 7 nitrogen and oxygen atoms in total. The number of anilines is 3. The first-order chi connectivity index (χ1) is 17.6. The number of rotatable bonds is 13. The minimum Gasteiger partial charge on any atom is -0.491 e. The molecule has 1 heterocycles.